The number of methoxy groups -OCH3 is 3. The standard InChI is InChI=1S/C24H20ClN3O7S/c1-12-20(23(30)35-4)21(15-11-14(25)6-8-17(15)33-2)27-22(29)19(36-24(27)26-12)10-13-5-7-18(34-3)16(9-13)28(31)32/h5-11,21H,1-4H3/b19-10-/t21-/m1/s1. The van der Waals surface area contributed by atoms with Crippen LogP contribution in [0.25, 0.3) is 6.08 Å². The van der Waals surface area contributed by atoms with Gasteiger partial charge in [0.2, 0.25) is 0 Å². The molecule has 3 aromatic rings. The van der Waals surface area contributed by atoms with Crippen LogP contribution in [0.4, 0.5) is 5.69 Å². The number of hydrogen-bond acceptors (Lipinski definition) is 9. The number of aromatic nitrogens is 1. The summed E-state index contributed by atoms with van der Waals surface area (Å²) in [5.41, 5.74) is 0.766. The van der Waals surface area contributed by atoms with Crippen molar-refractivity contribution in [3.63, 3.8) is 0 Å². The van der Waals surface area contributed by atoms with Gasteiger partial charge >= 0.3 is 11.7 Å². The highest BCUT2D eigenvalue weighted by Crippen LogP contribution is 2.37. The van der Waals surface area contributed by atoms with Crippen LogP contribution >= 0.6 is 22.9 Å². The molecule has 0 radical (unpaired) electrons. The number of allylic oxidation sites excluding steroid dienone is 1. The number of nitrogens with zero attached hydrogens (tertiary/aromatic N) is 3. The third-order valence-electron chi connectivity index (χ3n) is 5.61. The molecule has 2 aromatic carbocycles. The average molecular weight is 530 g/mol. The molecule has 2 heterocycles. The molecule has 1 aliphatic rings. The van der Waals surface area contributed by atoms with Crippen LogP contribution in [0.5, 0.6) is 11.5 Å². The van der Waals surface area contributed by atoms with Crippen molar-refractivity contribution in [1.82, 2.24) is 4.57 Å². The molecular weight excluding hydrogens is 510 g/mol. The van der Waals surface area contributed by atoms with Crippen LogP contribution in [0.3, 0.4) is 0 Å². The summed E-state index contributed by atoms with van der Waals surface area (Å²) in [5, 5.41) is 11.8. The van der Waals surface area contributed by atoms with Crippen molar-refractivity contribution in [2.45, 2.75) is 13.0 Å². The number of carbonyl (C=O) groups excluding carboxylic acids is 1. The minimum absolute atomic E-state index is 0.102. The van der Waals surface area contributed by atoms with E-state index in [9.17, 15) is 19.7 Å². The third kappa shape index (κ3) is 4.38. The molecule has 4 rings (SSSR count). The minimum Gasteiger partial charge on any atom is -0.496 e. The van der Waals surface area contributed by atoms with Crippen LogP contribution in [0, 0.1) is 10.1 Å². The van der Waals surface area contributed by atoms with E-state index in [0.29, 0.717) is 32.4 Å². The summed E-state index contributed by atoms with van der Waals surface area (Å²) < 4.78 is 17.2. The number of benzene rings is 2. The fraction of sp³-hybridized carbons (Fsp3) is 0.208. The van der Waals surface area contributed by atoms with Gasteiger partial charge in [0.05, 0.1) is 42.1 Å². The van der Waals surface area contributed by atoms with Crippen molar-refractivity contribution < 1.29 is 23.9 Å². The van der Waals surface area contributed by atoms with Gasteiger partial charge in [-0.25, -0.2) is 9.79 Å². The van der Waals surface area contributed by atoms with Crippen LogP contribution in [-0.4, -0.2) is 36.8 Å². The van der Waals surface area contributed by atoms with Crippen LogP contribution in [0.15, 0.2) is 57.5 Å². The minimum atomic E-state index is -0.922. The van der Waals surface area contributed by atoms with Crippen LogP contribution in [0.2, 0.25) is 5.02 Å². The van der Waals surface area contributed by atoms with Gasteiger partial charge in [0.1, 0.15) is 11.8 Å². The Morgan fingerprint density at radius 3 is 2.50 bits per heavy atom. The van der Waals surface area contributed by atoms with E-state index in [-0.39, 0.29) is 21.5 Å². The molecule has 0 aliphatic carbocycles. The van der Waals surface area contributed by atoms with E-state index in [2.05, 4.69) is 4.99 Å². The summed E-state index contributed by atoms with van der Waals surface area (Å²) in [6, 6.07) is 8.37. The highest BCUT2D eigenvalue weighted by molar-refractivity contribution is 7.07. The van der Waals surface area contributed by atoms with Crippen molar-refractivity contribution in [2.24, 2.45) is 4.99 Å². The van der Waals surface area contributed by atoms with Gasteiger partial charge in [0, 0.05) is 16.7 Å². The number of ether oxygens (including phenoxy) is 3. The Morgan fingerprint density at radius 2 is 1.86 bits per heavy atom. The Morgan fingerprint density at radius 1 is 1.17 bits per heavy atom. The molecule has 36 heavy (non-hydrogen) atoms. The lowest BCUT2D eigenvalue weighted by Crippen LogP contribution is -2.40. The fourth-order valence-corrected chi connectivity index (χ4v) is 5.22. The number of fused-ring (bicyclic) bond motifs is 1. The van der Waals surface area contributed by atoms with Crippen molar-refractivity contribution in [1.29, 1.82) is 0 Å². The van der Waals surface area contributed by atoms with Gasteiger partial charge in [-0.1, -0.05) is 29.0 Å². The summed E-state index contributed by atoms with van der Waals surface area (Å²) in [4.78, 5) is 42.2. The summed E-state index contributed by atoms with van der Waals surface area (Å²) in [5.74, 6) is -0.130. The number of hydrogen-bond donors (Lipinski definition) is 0. The Kier molecular flexibility index (Phi) is 6.95. The maximum absolute atomic E-state index is 13.7. The smallest absolute Gasteiger partial charge is 0.338 e. The van der Waals surface area contributed by atoms with Crippen LogP contribution in [-0.2, 0) is 9.53 Å². The molecule has 1 aromatic heterocycles. The first-order chi connectivity index (χ1) is 17.2. The Hall–Kier alpha value is -3.96. The van der Waals surface area contributed by atoms with Gasteiger partial charge in [-0.2, -0.15) is 0 Å². The zero-order chi connectivity index (χ0) is 26.1. The molecule has 1 atom stereocenters. The van der Waals surface area contributed by atoms with E-state index in [0.717, 1.165) is 11.3 Å². The number of esters is 1. The lowest BCUT2D eigenvalue weighted by Gasteiger charge is -2.25. The highest BCUT2D eigenvalue weighted by Gasteiger charge is 2.35. The zero-order valence-corrected chi connectivity index (χ0v) is 21.2. The third-order valence-corrected chi connectivity index (χ3v) is 6.83. The lowest BCUT2D eigenvalue weighted by atomic mass is 9.95. The van der Waals surface area contributed by atoms with Gasteiger partial charge < -0.3 is 14.2 Å². The number of carbonyl (C=O) groups is 1. The molecule has 12 heteroatoms. The number of nitro benzene ring substituents is 1. The Balaban J connectivity index is 2.00. The van der Waals surface area contributed by atoms with Crippen LogP contribution < -0.4 is 24.4 Å². The van der Waals surface area contributed by atoms with E-state index in [1.165, 1.54) is 44.1 Å². The second-order valence-electron chi connectivity index (χ2n) is 7.65. The van der Waals surface area contributed by atoms with E-state index < -0.39 is 22.5 Å². The first-order valence-corrected chi connectivity index (χ1v) is 11.7. The molecular formula is C24H20ClN3O7S. The van der Waals surface area contributed by atoms with Gasteiger partial charge in [0.25, 0.3) is 5.56 Å². The monoisotopic (exact) mass is 529 g/mol. The normalized spacial score (nSPS) is 15.2. The Labute approximate surface area is 213 Å². The molecule has 0 spiro atoms. The van der Waals surface area contributed by atoms with Gasteiger partial charge in [-0.05, 0) is 42.8 Å². The topological polar surface area (TPSA) is 122 Å². The molecule has 0 fully saturated rings. The molecule has 0 amide bonds. The SMILES string of the molecule is COC(=O)C1=C(C)N=c2s/c(=C\c3ccc(OC)c([N+](=O)[O-])c3)c(=O)n2[C@@H]1c1cc(Cl)ccc1OC. The molecule has 0 unspecified atom stereocenters. The van der Waals surface area contributed by atoms with Crippen molar-refractivity contribution in [3.8, 4) is 11.5 Å². The molecule has 10 nitrogen and oxygen atoms in total. The van der Waals surface area contributed by atoms with E-state index in [4.69, 9.17) is 25.8 Å². The summed E-state index contributed by atoms with van der Waals surface area (Å²) in [6.07, 6.45) is 1.53. The second kappa shape index (κ2) is 9.96. The van der Waals surface area contributed by atoms with E-state index >= 15 is 0 Å². The maximum atomic E-state index is 13.7. The lowest BCUT2D eigenvalue weighted by molar-refractivity contribution is -0.385. The average Bonchev–Trinajstić information content (AvgIpc) is 3.16. The first kappa shape index (κ1) is 25.1. The fourth-order valence-electron chi connectivity index (χ4n) is 4.00. The summed E-state index contributed by atoms with van der Waals surface area (Å²) in [6.45, 7) is 1.65. The number of rotatable bonds is 6. The predicted molar refractivity (Wildman–Crippen MR) is 133 cm³/mol. The van der Waals surface area contributed by atoms with Gasteiger partial charge in [-0.3, -0.25) is 19.5 Å². The van der Waals surface area contributed by atoms with Crippen molar-refractivity contribution >= 4 is 40.7 Å². The first-order valence-electron chi connectivity index (χ1n) is 10.5. The predicted octanol–water partition coefficient (Wildman–Crippen LogP) is 2.99. The number of thiazole rings is 1. The quantitative estimate of drug-likeness (QED) is 0.273. The second-order valence-corrected chi connectivity index (χ2v) is 9.09. The molecule has 186 valence electrons. The largest absolute Gasteiger partial charge is 0.496 e. The highest BCUT2D eigenvalue weighted by atomic mass is 35.5. The van der Waals surface area contributed by atoms with Crippen molar-refractivity contribution in [3.05, 3.63) is 93.6 Å². The molecule has 0 saturated carbocycles. The molecule has 0 N–H and O–H groups in total. The molecule has 1 aliphatic heterocycles. The van der Waals surface area contributed by atoms with E-state index in [1.54, 1.807) is 31.2 Å². The number of nitro groups is 1. The number of halogens is 1. The summed E-state index contributed by atoms with van der Waals surface area (Å²) >= 11 is 7.36. The van der Waals surface area contributed by atoms with Gasteiger partial charge in [-0.15, -0.1) is 0 Å². The van der Waals surface area contributed by atoms with Crippen LogP contribution in [0.1, 0.15) is 24.1 Å². The molecule has 0 saturated heterocycles. The summed E-state index contributed by atoms with van der Waals surface area (Å²) in [7, 11) is 4.06. The van der Waals surface area contributed by atoms with E-state index in [1.807, 2.05) is 0 Å². The van der Waals surface area contributed by atoms with Crippen molar-refractivity contribution in [2.75, 3.05) is 21.3 Å². The maximum Gasteiger partial charge on any atom is 0.338 e. The Bertz CT molecular complexity index is 1610. The molecule has 0 bridgehead atoms. The zero-order valence-electron chi connectivity index (χ0n) is 19.6. The van der Waals surface area contributed by atoms with Gasteiger partial charge in [0.15, 0.2) is 10.6 Å².